The summed E-state index contributed by atoms with van der Waals surface area (Å²) in [7, 11) is 0. The van der Waals surface area contributed by atoms with E-state index in [2.05, 4.69) is 41.5 Å². The summed E-state index contributed by atoms with van der Waals surface area (Å²) in [6, 6.07) is 9.61. The van der Waals surface area contributed by atoms with Gasteiger partial charge >= 0.3 is 0 Å². The first-order valence-electron chi connectivity index (χ1n) is 7.76. The van der Waals surface area contributed by atoms with Gasteiger partial charge in [0.25, 0.3) is 0 Å². The van der Waals surface area contributed by atoms with E-state index in [-0.39, 0.29) is 11.3 Å². The Kier molecular flexibility index (Phi) is 5.49. The number of amides is 1. The predicted octanol–water partition coefficient (Wildman–Crippen LogP) is 3.18. The summed E-state index contributed by atoms with van der Waals surface area (Å²) in [5.74, 6) is 0.164. The van der Waals surface area contributed by atoms with Gasteiger partial charge in [0.05, 0.1) is 6.04 Å². The van der Waals surface area contributed by atoms with Crippen molar-refractivity contribution in [3.63, 3.8) is 0 Å². The van der Waals surface area contributed by atoms with E-state index in [1.165, 1.54) is 11.3 Å². The molecule has 2 rings (SSSR count). The molecule has 1 aromatic carbocycles. The van der Waals surface area contributed by atoms with Crippen molar-refractivity contribution < 1.29 is 4.79 Å². The lowest BCUT2D eigenvalue weighted by atomic mass is 9.85. The van der Waals surface area contributed by atoms with E-state index < -0.39 is 6.04 Å². The van der Waals surface area contributed by atoms with Crippen molar-refractivity contribution in [2.75, 3.05) is 5.32 Å². The Morgan fingerprint density at radius 3 is 2.52 bits per heavy atom. The van der Waals surface area contributed by atoms with Crippen LogP contribution in [0.25, 0.3) is 0 Å². The minimum Gasteiger partial charge on any atom is -0.320 e. The molecule has 0 unspecified atom stereocenters. The Bertz CT molecular complexity index is 652. The highest BCUT2D eigenvalue weighted by Gasteiger charge is 2.28. The number of anilines is 1. The van der Waals surface area contributed by atoms with Crippen LogP contribution in [0.2, 0.25) is 0 Å². The number of carbonyl (C=O) groups is 1. The van der Waals surface area contributed by atoms with Gasteiger partial charge in [-0.1, -0.05) is 55.5 Å². The average Bonchev–Trinajstić information content (AvgIpc) is 2.96. The Balaban J connectivity index is 2.10. The number of aromatic nitrogens is 2. The predicted molar refractivity (Wildman–Crippen MR) is 94.5 cm³/mol. The third-order valence-electron chi connectivity index (χ3n) is 3.75. The van der Waals surface area contributed by atoms with Crippen molar-refractivity contribution in [3.05, 3.63) is 40.9 Å². The molecular formula is C17H24N4OS. The highest BCUT2D eigenvalue weighted by molar-refractivity contribution is 7.15. The Labute approximate surface area is 141 Å². The lowest BCUT2D eigenvalue weighted by Gasteiger charge is -2.21. The number of carbonyl (C=O) groups excluding carboxylic acids is 1. The average molecular weight is 332 g/mol. The molecule has 0 saturated carbocycles. The van der Waals surface area contributed by atoms with Crippen LogP contribution in [0.5, 0.6) is 0 Å². The first-order chi connectivity index (χ1) is 10.8. The van der Waals surface area contributed by atoms with Crippen LogP contribution >= 0.6 is 11.3 Å². The Hall–Kier alpha value is -1.79. The van der Waals surface area contributed by atoms with Crippen LogP contribution in [0.4, 0.5) is 5.13 Å². The smallest absolute Gasteiger partial charge is 0.243 e. The zero-order valence-corrected chi connectivity index (χ0v) is 14.9. The zero-order valence-electron chi connectivity index (χ0n) is 14.0. The van der Waals surface area contributed by atoms with Crippen LogP contribution in [0.3, 0.4) is 0 Å². The first kappa shape index (κ1) is 17.6. The minimum absolute atomic E-state index is 0.209. The summed E-state index contributed by atoms with van der Waals surface area (Å²) in [5, 5.41) is 12.5. The molecule has 1 amide bonds. The van der Waals surface area contributed by atoms with Crippen molar-refractivity contribution in [1.82, 2.24) is 10.2 Å². The van der Waals surface area contributed by atoms with Gasteiger partial charge in [0.15, 0.2) is 0 Å². The van der Waals surface area contributed by atoms with E-state index in [0.29, 0.717) is 17.5 Å². The number of benzene rings is 1. The standard InChI is InChI=1S/C17H24N4OS/c1-11(2)10-13(18)14(22)19-16-21-20-15(23-16)17(3,4)12-8-6-5-7-9-12/h5-9,11,13H,10,18H2,1-4H3,(H,19,21,22)/t13-/m0/s1. The maximum absolute atomic E-state index is 12.1. The summed E-state index contributed by atoms with van der Waals surface area (Å²) in [6.45, 7) is 8.27. The van der Waals surface area contributed by atoms with Gasteiger partial charge in [0.2, 0.25) is 11.0 Å². The highest BCUT2D eigenvalue weighted by atomic mass is 32.1. The van der Waals surface area contributed by atoms with E-state index in [0.717, 1.165) is 10.6 Å². The van der Waals surface area contributed by atoms with E-state index in [4.69, 9.17) is 5.73 Å². The van der Waals surface area contributed by atoms with Crippen molar-refractivity contribution in [3.8, 4) is 0 Å². The quantitative estimate of drug-likeness (QED) is 0.851. The van der Waals surface area contributed by atoms with E-state index in [9.17, 15) is 4.79 Å². The molecule has 0 fully saturated rings. The van der Waals surface area contributed by atoms with Crippen molar-refractivity contribution >= 4 is 22.4 Å². The second kappa shape index (κ2) is 7.19. The Morgan fingerprint density at radius 2 is 1.91 bits per heavy atom. The zero-order chi connectivity index (χ0) is 17.0. The van der Waals surface area contributed by atoms with Crippen LogP contribution in [0.1, 0.15) is 44.7 Å². The van der Waals surface area contributed by atoms with Gasteiger partial charge in [-0.3, -0.25) is 10.1 Å². The molecule has 23 heavy (non-hydrogen) atoms. The fourth-order valence-electron chi connectivity index (χ4n) is 2.32. The van der Waals surface area contributed by atoms with E-state index in [1.54, 1.807) is 0 Å². The van der Waals surface area contributed by atoms with Gasteiger partial charge < -0.3 is 5.73 Å². The van der Waals surface area contributed by atoms with Gasteiger partial charge in [0, 0.05) is 5.41 Å². The summed E-state index contributed by atoms with van der Waals surface area (Å²) in [5.41, 5.74) is 6.79. The molecule has 0 aliphatic rings. The van der Waals surface area contributed by atoms with Gasteiger partial charge in [0.1, 0.15) is 5.01 Å². The van der Waals surface area contributed by atoms with Gasteiger partial charge in [-0.25, -0.2) is 0 Å². The van der Waals surface area contributed by atoms with Crippen LogP contribution in [0.15, 0.2) is 30.3 Å². The molecule has 124 valence electrons. The molecular weight excluding hydrogens is 308 g/mol. The van der Waals surface area contributed by atoms with Crippen molar-refractivity contribution in [2.24, 2.45) is 11.7 Å². The number of hydrogen-bond donors (Lipinski definition) is 2. The fourth-order valence-corrected chi connectivity index (χ4v) is 3.19. The molecule has 0 aliphatic carbocycles. The molecule has 0 spiro atoms. The minimum atomic E-state index is -0.524. The van der Waals surface area contributed by atoms with E-state index in [1.807, 2.05) is 32.0 Å². The fraction of sp³-hybridized carbons (Fsp3) is 0.471. The van der Waals surface area contributed by atoms with Crippen LogP contribution in [-0.4, -0.2) is 22.1 Å². The number of nitrogens with zero attached hydrogens (tertiary/aromatic N) is 2. The normalized spacial score (nSPS) is 13.1. The second-order valence-electron chi connectivity index (χ2n) is 6.63. The van der Waals surface area contributed by atoms with Crippen LogP contribution < -0.4 is 11.1 Å². The number of nitrogens with one attached hydrogen (secondary N) is 1. The molecule has 0 bridgehead atoms. The third kappa shape index (κ3) is 4.36. The lowest BCUT2D eigenvalue weighted by Crippen LogP contribution is -2.36. The van der Waals surface area contributed by atoms with E-state index >= 15 is 0 Å². The largest absolute Gasteiger partial charge is 0.320 e. The molecule has 3 N–H and O–H groups in total. The van der Waals surface area contributed by atoms with Gasteiger partial charge in [-0.2, -0.15) is 0 Å². The number of nitrogens with two attached hydrogens (primary N) is 1. The molecule has 0 saturated heterocycles. The highest BCUT2D eigenvalue weighted by Crippen LogP contribution is 2.34. The Morgan fingerprint density at radius 1 is 1.26 bits per heavy atom. The van der Waals surface area contributed by atoms with Gasteiger partial charge in [-0.15, -0.1) is 10.2 Å². The molecule has 5 nitrogen and oxygen atoms in total. The lowest BCUT2D eigenvalue weighted by molar-refractivity contribution is -0.117. The monoisotopic (exact) mass is 332 g/mol. The van der Waals surface area contributed by atoms with Crippen molar-refractivity contribution in [2.45, 2.75) is 45.6 Å². The molecule has 0 aliphatic heterocycles. The summed E-state index contributed by atoms with van der Waals surface area (Å²) in [6.07, 6.45) is 0.646. The number of hydrogen-bond acceptors (Lipinski definition) is 5. The third-order valence-corrected chi connectivity index (χ3v) is 4.91. The molecule has 1 aromatic heterocycles. The second-order valence-corrected chi connectivity index (χ2v) is 7.61. The van der Waals surface area contributed by atoms with Gasteiger partial charge in [-0.05, 0) is 31.7 Å². The summed E-state index contributed by atoms with van der Waals surface area (Å²) < 4.78 is 0. The molecule has 1 heterocycles. The summed E-state index contributed by atoms with van der Waals surface area (Å²) >= 11 is 1.39. The summed E-state index contributed by atoms with van der Waals surface area (Å²) in [4.78, 5) is 12.1. The molecule has 6 heteroatoms. The SMILES string of the molecule is CC(C)C[C@H](N)C(=O)Nc1nnc(C(C)(C)c2ccccc2)s1. The molecule has 0 radical (unpaired) electrons. The van der Waals surface area contributed by atoms with Crippen LogP contribution in [-0.2, 0) is 10.2 Å². The topological polar surface area (TPSA) is 80.9 Å². The molecule has 1 atom stereocenters. The molecule has 2 aromatic rings. The first-order valence-corrected chi connectivity index (χ1v) is 8.58. The van der Waals surface area contributed by atoms with Crippen molar-refractivity contribution in [1.29, 1.82) is 0 Å². The number of rotatable bonds is 6. The van der Waals surface area contributed by atoms with Crippen LogP contribution in [0, 0.1) is 5.92 Å². The maximum atomic E-state index is 12.1. The maximum Gasteiger partial charge on any atom is 0.243 e.